The molecular weight excluding hydrogens is 122 g/mol. The second kappa shape index (κ2) is 2.58. The molecule has 0 spiro atoms. The zero-order chi connectivity index (χ0) is 6.69. The van der Waals surface area contributed by atoms with Crippen LogP contribution < -0.4 is 0 Å². The molecule has 0 unspecified atom stereocenters. The average Bonchev–Trinajstić information content (AvgIpc) is 1.90. The van der Waals surface area contributed by atoms with Gasteiger partial charge in [0.25, 0.3) is 6.43 Å². The third-order valence-electron chi connectivity index (χ3n) is 0.968. The van der Waals surface area contributed by atoms with Crippen molar-refractivity contribution in [2.75, 3.05) is 0 Å². The van der Waals surface area contributed by atoms with Crippen LogP contribution in [0.5, 0.6) is 0 Å². The molecule has 0 heterocycles. The molecule has 0 aliphatic carbocycles. The first-order valence-corrected chi connectivity index (χ1v) is 2.55. The minimum atomic E-state index is -2.40. The van der Waals surface area contributed by atoms with Crippen molar-refractivity contribution >= 4 is 0 Å². The van der Waals surface area contributed by atoms with Crippen molar-refractivity contribution in [2.24, 2.45) is 0 Å². The van der Waals surface area contributed by atoms with E-state index in [1.807, 2.05) is 0 Å². The van der Waals surface area contributed by atoms with E-state index in [9.17, 15) is 8.78 Å². The first kappa shape index (κ1) is 6.20. The number of rotatable bonds is 1. The van der Waals surface area contributed by atoms with Crippen LogP contribution in [-0.2, 0) is 0 Å². The number of alkyl halides is 2. The van der Waals surface area contributed by atoms with Crippen LogP contribution in [0.4, 0.5) is 8.78 Å². The molecule has 0 aliphatic rings. The van der Waals surface area contributed by atoms with Crippen LogP contribution in [-0.4, -0.2) is 0 Å². The minimum Gasteiger partial charge on any atom is -0.205 e. The van der Waals surface area contributed by atoms with Gasteiger partial charge in [0.15, 0.2) is 0 Å². The molecule has 1 rings (SSSR count). The van der Waals surface area contributed by atoms with Gasteiger partial charge in [-0.15, -0.1) is 0 Å². The lowest BCUT2D eigenvalue weighted by molar-refractivity contribution is 0.151. The van der Waals surface area contributed by atoms with Gasteiger partial charge in [0.1, 0.15) is 0 Å². The van der Waals surface area contributed by atoms with Gasteiger partial charge in [-0.2, -0.15) is 0 Å². The van der Waals surface area contributed by atoms with Crippen molar-refractivity contribution < 1.29 is 8.78 Å². The van der Waals surface area contributed by atoms with Crippen LogP contribution in [0, 0.1) is 6.07 Å². The molecular formula is C7H5F2. The van der Waals surface area contributed by atoms with Gasteiger partial charge in [0.05, 0.1) is 0 Å². The number of halogens is 2. The van der Waals surface area contributed by atoms with Crippen molar-refractivity contribution in [1.29, 1.82) is 0 Å². The van der Waals surface area contributed by atoms with E-state index in [4.69, 9.17) is 0 Å². The summed E-state index contributed by atoms with van der Waals surface area (Å²) in [5.41, 5.74) is -0.0440. The fourth-order valence-electron chi connectivity index (χ4n) is 0.543. The Bertz CT molecular complexity index is 170. The van der Waals surface area contributed by atoms with E-state index in [-0.39, 0.29) is 5.56 Å². The Morgan fingerprint density at radius 1 is 1.33 bits per heavy atom. The summed E-state index contributed by atoms with van der Waals surface area (Å²) in [6, 6.07) is 8.47. The predicted molar refractivity (Wildman–Crippen MR) is 30.2 cm³/mol. The van der Waals surface area contributed by atoms with Crippen LogP contribution in [0.2, 0.25) is 0 Å². The molecule has 0 aliphatic heterocycles. The highest BCUT2D eigenvalue weighted by Gasteiger charge is 2.03. The summed E-state index contributed by atoms with van der Waals surface area (Å²) in [5.74, 6) is 0. The SMILES string of the molecule is FC(F)c1[c]cccc1. The molecule has 9 heavy (non-hydrogen) atoms. The normalized spacial score (nSPS) is 10.1. The molecule has 0 amide bonds. The molecule has 0 saturated heterocycles. The number of hydrogen-bond donors (Lipinski definition) is 0. The zero-order valence-electron chi connectivity index (χ0n) is 4.64. The highest BCUT2D eigenvalue weighted by molar-refractivity contribution is 5.13. The Morgan fingerprint density at radius 2 is 2.11 bits per heavy atom. The molecule has 0 fully saturated rings. The Balaban J connectivity index is 2.85. The summed E-state index contributed by atoms with van der Waals surface area (Å²) in [7, 11) is 0. The van der Waals surface area contributed by atoms with Crippen LogP contribution in [0.3, 0.4) is 0 Å². The van der Waals surface area contributed by atoms with E-state index in [0.29, 0.717) is 0 Å². The van der Waals surface area contributed by atoms with Gasteiger partial charge in [0, 0.05) is 5.56 Å². The van der Waals surface area contributed by atoms with Crippen LogP contribution >= 0.6 is 0 Å². The molecule has 0 saturated carbocycles. The lowest BCUT2D eigenvalue weighted by atomic mass is 10.2. The molecule has 0 nitrogen and oxygen atoms in total. The fraction of sp³-hybridized carbons (Fsp3) is 0.143. The third-order valence-corrected chi connectivity index (χ3v) is 0.968. The summed E-state index contributed by atoms with van der Waals surface area (Å²) in [6.07, 6.45) is -2.40. The van der Waals surface area contributed by atoms with E-state index < -0.39 is 6.43 Å². The first-order chi connectivity index (χ1) is 4.30. The second-order valence-corrected chi connectivity index (χ2v) is 1.62. The summed E-state index contributed by atoms with van der Waals surface area (Å²) in [5, 5.41) is 0. The summed E-state index contributed by atoms with van der Waals surface area (Å²) >= 11 is 0. The summed E-state index contributed by atoms with van der Waals surface area (Å²) in [6.45, 7) is 0. The van der Waals surface area contributed by atoms with Gasteiger partial charge < -0.3 is 0 Å². The van der Waals surface area contributed by atoms with Crippen LogP contribution in [0.25, 0.3) is 0 Å². The van der Waals surface area contributed by atoms with E-state index in [1.165, 1.54) is 12.1 Å². The largest absolute Gasteiger partial charge is 0.264 e. The molecule has 1 aromatic rings. The zero-order valence-corrected chi connectivity index (χ0v) is 4.64. The molecule has 1 aromatic carbocycles. The van der Waals surface area contributed by atoms with E-state index in [0.717, 1.165) is 0 Å². The van der Waals surface area contributed by atoms with Gasteiger partial charge in [-0.3, -0.25) is 0 Å². The number of hydrogen-bond acceptors (Lipinski definition) is 0. The highest BCUT2D eigenvalue weighted by Crippen LogP contribution is 2.16. The van der Waals surface area contributed by atoms with Gasteiger partial charge in [-0.25, -0.2) is 8.78 Å². The molecule has 1 radical (unpaired) electrons. The Kier molecular flexibility index (Phi) is 1.78. The lowest BCUT2D eigenvalue weighted by Crippen LogP contribution is -1.80. The Morgan fingerprint density at radius 3 is 2.44 bits per heavy atom. The maximum Gasteiger partial charge on any atom is 0.264 e. The maximum absolute atomic E-state index is 11.7. The van der Waals surface area contributed by atoms with E-state index in [1.54, 1.807) is 12.1 Å². The maximum atomic E-state index is 11.7. The van der Waals surface area contributed by atoms with E-state index >= 15 is 0 Å². The quantitative estimate of drug-likeness (QED) is 0.543. The van der Waals surface area contributed by atoms with Gasteiger partial charge in [0.2, 0.25) is 0 Å². The molecule has 0 aromatic heterocycles. The molecule has 0 atom stereocenters. The Labute approximate surface area is 52.1 Å². The molecule has 47 valence electrons. The molecule has 2 heteroatoms. The summed E-state index contributed by atoms with van der Waals surface area (Å²) < 4.78 is 23.5. The third kappa shape index (κ3) is 1.49. The smallest absolute Gasteiger partial charge is 0.205 e. The number of benzene rings is 1. The standard InChI is InChI=1S/C7H5F2/c8-7(9)6-4-2-1-3-5-6/h1-4,7H. The van der Waals surface area contributed by atoms with Crippen molar-refractivity contribution in [2.45, 2.75) is 6.43 Å². The van der Waals surface area contributed by atoms with E-state index in [2.05, 4.69) is 6.07 Å². The molecule has 0 N–H and O–H groups in total. The second-order valence-electron chi connectivity index (χ2n) is 1.62. The van der Waals surface area contributed by atoms with Crippen molar-refractivity contribution in [3.05, 3.63) is 35.9 Å². The monoisotopic (exact) mass is 127 g/mol. The van der Waals surface area contributed by atoms with Crippen LogP contribution in [0.1, 0.15) is 12.0 Å². The average molecular weight is 127 g/mol. The van der Waals surface area contributed by atoms with Gasteiger partial charge >= 0.3 is 0 Å². The first-order valence-electron chi connectivity index (χ1n) is 2.55. The fourth-order valence-corrected chi connectivity index (χ4v) is 0.543. The molecule has 0 bridgehead atoms. The van der Waals surface area contributed by atoms with Crippen molar-refractivity contribution in [3.8, 4) is 0 Å². The summed E-state index contributed by atoms with van der Waals surface area (Å²) in [4.78, 5) is 0. The Hall–Kier alpha value is -0.920. The van der Waals surface area contributed by atoms with Crippen molar-refractivity contribution in [1.82, 2.24) is 0 Å². The minimum absolute atomic E-state index is 0.0440. The van der Waals surface area contributed by atoms with Crippen LogP contribution in [0.15, 0.2) is 24.3 Å². The predicted octanol–water partition coefficient (Wildman–Crippen LogP) is 2.42. The highest BCUT2D eigenvalue weighted by atomic mass is 19.3. The topological polar surface area (TPSA) is 0 Å². The lowest BCUT2D eigenvalue weighted by Gasteiger charge is -1.93. The van der Waals surface area contributed by atoms with Gasteiger partial charge in [-0.1, -0.05) is 24.3 Å². The van der Waals surface area contributed by atoms with Crippen molar-refractivity contribution in [3.63, 3.8) is 0 Å². The van der Waals surface area contributed by atoms with Gasteiger partial charge in [-0.05, 0) is 6.07 Å².